The van der Waals surface area contributed by atoms with Crippen LogP contribution in [0.2, 0.25) is 0 Å². The molecule has 0 fully saturated rings. The van der Waals surface area contributed by atoms with Gasteiger partial charge in [0.1, 0.15) is 0 Å². The molecule has 0 saturated carbocycles. The summed E-state index contributed by atoms with van der Waals surface area (Å²) in [6.45, 7) is 11.5. The van der Waals surface area contributed by atoms with Crippen LogP contribution in [0.4, 0.5) is 0 Å². The van der Waals surface area contributed by atoms with Crippen molar-refractivity contribution < 1.29 is 96.2 Å². The van der Waals surface area contributed by atoms with E-state index in [0.717, 1.165) is 0 Å². The van der Waals surface area contributed by atoms with Crippen molar-refractivity contribution in [3.63, 3.8) is 0 Å². The number of hydrogen-bond acceptors (Lipinski definition) is 20. The van der Waals surface area contributed by atoms with Gasteiger partial charge in [-0.1, -0.05) is 0 Å². The van der Waals surface area contributed by atoms with Gasteiger partial charge in [-0.3, -0.25) is 0 Å². The summed E-state index contributed by atoms with van der Waals surface area (Å²) in [7, 11) is 0. The first-order valence-electron chi connectivity index (χ1n) is 19.9. The van der Waals surface area contributed by atoms with Gasteiger partial charge in [0.05, 0.1) is 243 Å². The van der Waals surface area contributed by atoms with Crippen molar-refractivity contribution in [2.45, 2.75) is 0 Å². The van der Waals surface area contributed by atoms with Crippen molar-refractivity contribution in [1.29, 1.82) is 0 Å². The van der Waals surface area contributed by atoms with Crippen molar-refractivity contribution in [1.82, 2.24) is 0 Å². The Balaban J connectivity index is 4.91. The quantitative estimate of drug-likeness (QED) is 0.0496. The second kappa shape index (κ2) is 49.6. The maximum atomic E-state index is 8.76. The molecule has 0 rings (SSSR count). The Morgan fingerprint density at radius 1 is 0.175 bits per heavy atom. The molecule has 0 atom stereocenters. The lowest BCUT2D eigenvalue weighted by Crippen LogP contribution is -2.43. The topological polar surface area (TPSA) is 229 Å². The fraction of sp³-hybridized carbons (Fsp3) is 1.00. The minimum Gasteiger partial charge on any atom is -0.394 e. The maximum Gasteiger partial charge on any atom is 0.0701 e. The lowest BCUT2D eigenvalue weighted by Gasteiger charge is -2.33. The summed E-state index contributed by atoms with van der Waals surface area (Å²) < 4.78 is 89.4. The van der Waals surface area contributed by atoms with Crippen molar-refractivity contribution >= 4 is 0 Å². The lowest BCUT2D eigenvalue weighted by molar-refractivity contribution is -0.123. The van der Waals surface area contributed by atoms with Gasteiger partial charge >= 0.3 is 0 Å². The minimum atomic E-state index is -0.676. The fourth-order valence-electron chi connectivity index (χ4n) is 4.30. The average molecular weight is 841 g/mol. The van der Waals surface area contributed by atoms with Crippen LogP contribution in [0.3, 0.4) is 0 Å². The zero-order valence-electron chi connectivity index (χ0n) is 34.3. The van der Waals surface area contributed by atoms with Crippen LogP contribution in [0, 0.1) is 5.41 Å². The summed E-state index contributed by atoms with van der Waals surface area (Å²) in [6, 6.07) is 0. The van der Waals surface area contributed by atoms with Crippen LogP contribution in [-0.4, -0.2) is 258 Å². The molecule has 0 unspecified atom stereocenters. The van der Waals surface area contributed by atoms with Gasteiger partial charge in [0, 0.05) is 0 Å². The number of hydrogen-bond donors (Lipinski definition) is 4. The molecule has 20 nitrogen and oxygen atoms in total. The second-order valence-corrected chi connectivity index (χ2v) is 12.0. The van der Waals surface area contributed by atoms with Gasteiger partial charge in [-0.15, -0.1) is 0 Å². The van der Waals surface area contributed by atoms with Gasteiger partial charge in [-0.05, 0) is 0 Å². The number of ether oxygens (including phenoxy) is 16. The zero-order valence-corrected chi connectivity index (χ0v) is 34.3. The monoisotopic (exact) mass is 840 g/mol. The van der Waals surface area contributed by atoms with Crippen LogP contribution in [-0.2, 0) is 75.8 Å². The van der Waals surface area contributed by atoms with E-state index in [1.54, 1.807) is 0 Å². The molecule has 344 valence electrons. The van der Waals surface area contributed by atoms with Gasteiger partial charge in [-0.2, -0.15) is 0 Å². The van der Waals surface area contributed by atoms with Crippen LogP contribution >= 0.6 is 0 Å². The summed E-state index contributed by atoms with van der Waals surface area (Å²) in [5.41, 5.74) is -0.676. The largest absolute Gasteiger partial charge is 0.394 e. The Morgan fingerprint density at radius 2 is 0.298 bits per heavy atom. The van der Waals surface area contributed by atoms with Crippen LogP contribution in [0.15, 0.2) is 0 Å². The minimum absolute atomic E-state index is 0.0194. The average Bonchev–Trinajstić information content (AvgIpc) is 3.22. The smallest absolute Gasteiger partial charge is 0.0701 e. The van der Waals surface area contributed by atoms with Gasteiger partial charge in [0.2, 0.25) is 0 Å². The fourth-order valence-corrected chi connectivity index (χ4v) is 4.30. The molecule has 0 bridgehead atoms. The van der Waals surface area contributed by atoms with Crippen molar-refractivity contribution in [3.8, 4) is 0 Å². The van der Waals surface area contributed by atoms with Crippen molar-refractivity contribution in [3.05, 3.63) is 0 Å². The number of rotatable bonds is 52. The Hall–Kier alpha value is -0.800. The summed E-state index contributed by atoms with van der Waals surface area (Å²) in [4.78, 5) is 0. The molecule has 0 saturated heterocycles. The molecule has 0 aliphatic rings. The highest BCUT2D eigenvalue weighted by Gasteiger charge is 2.32. The molecule has 0 amide bonds. The summed E-state index contributed by atoms with van der Waals surface area (Å²) in [6.07, 6.45) is 0. The van der Waals surface area contributed by atoms with E-state index in [4.69, 9.17) is 96.2 Å². The van der Waals surface area contributed by atoms with Crippen LogP contribution < -0.4 is 0 Å². The molecule has 20 heteroatoms. The van der Waals surface area contributed by atoms with Crippen LogP contribution in [0.1, 0.15) is 0 Å². The van der Waals surface area contributed by atoms with Gasteiger partial charge in [0.15, 0.2) is 0 Å². The summed E-state index contributed by atoms with van der Waals surface area (Å²) in [5, 5.41) is 35.0. The first kappa shape index (κ1) is 56.2. The zero-order chi connectivity index (χ0) is 41.3. The highest BCUT2D eigenvalue weighted by molar-refractivity contribution is 4.79. The molecule has 0 spiro atoms. The number of aliphatic hydroxyl groups is 4. The predicted molar refractivity (Wildman–Crippen MR) is 204 cm³/mol. The van der Waals surface area contributed by atoms with E-state index < -0.39 is 5.41 Å². The molecule has 0 radical (unpaired) electrons. The highest BCUT2D eigenvalue weighted by Crippen LogP contribution is 2.21. The normalized spacial score (nSPS) is 12.0. The van der Waals surface area contributed by atoms with Crippen LogP contribution in [0.5, 0.6) is 0 Å². The molecule has 0 aromatic rings. The second-order valence-electron chi connectivity index (χ2n) is 12.0. The first-order chi connectivity index (χ1) is 28.2. The molecule has 0 aliphatic carbocycles. The third-order valence-corrected chi connectivity index (χ3v) is 7.04. The molecule has 57 heavy (non-hydrogen) atoms. The van der Waals surface area contributed by atoms with E-state index in [-0.39, 0.29) is 79.3 Å². The van der Waals surface area contributed by atoms with Crippen LogP contribution in [0.25, 0.3) is 0 Å². The Labute approximate surface area is 339 Å². The summed E-state index contributed by atoms with van der Waals surface area (Å²) >= 11 is 0. The molecule has 4 N–H and O–H groups in total. The third-order valence-electron chi connectivity index (χ3n) is 7.04. The molecule has 0 aliphatic heterocycles. The Morgan fingerprint density at radius 3 is 0.439 bits per heavy atom. The maximum absolute atomic E-state index is 8.76. The molecular formula is C37H76O20. The first-order valence-corrected chi connectivity index (χ1v) is 19.9. The molecule has 0 aromatic carbocycles. The highest BCUT2D eigenvalue weighted by atomic mass is 16.6. The standard InChI is InChI=1S/C37H76O20/c38-1-5-42-9-13-46-17-21-50-25-29-54-33-37(34-55-30-26-51-22-18-47-14-10-43-6-2-39,35-56-31-27-52-23-19-48-15-11-44-7-3-40)36-57-32-28-53-24-20-49-16-12-45-8-4-41/h38-41H,1-36H2. The predicted octanol–water partition coefficient (Wildman–Crippen LogP) is -1.79. The van der Waals surface area contributed by atoms with Gasteiger partial charge in [-0.25, -0.2) is 0 Å². The third kappa shape index (κ3) is 44.6. The van der Waals surface area contributed by atoms with E-state index in [0.29, 0.717) is 159 Å². The lowest BCUT2D eigenvalue weighted by atomic mass is 9.92. The van der Waals surface area contributed by atoms with E-state index in [1.165, 1.54) is 0 Å². The summed E-state index contributed by atoms with van der Waals surface area (Å²) in [5.74, 6) is 0. The van der Waals surface area contributed by atoms with E-state index >= 15 is 0 Å². The van der Waals surface area contributed by atoms with Gasteiger partial charge < -0.3 is 96.2 Å². The van der Waals surface area contributed by atoms with E-state index in [2.05, 4.69) is 0 Å². The van der Waals surface area contributed by atoms with Crippen molar-refractivity contribution in [2.24, 2.45) is 5.41 Å². The van der Waals surface area contributed by atoms with Crippen molar-refractivity contribution in [2.75, 3.05) is 238 Å². The SMILES string of the molecule is OCCOCCOCCOCCOCC(COCCOCCOCCOCCO)(COCCOCCOCCOCCO)COCCOCCOCCOCCO. The van der Waals surface area contributed by atoms with E-state index in [1.807, 2.05) is 0 Å². The Kier molecular flexibility index (Phi) is 48.9. The number of aliphatic hydroxyl groups excluding tert-OH is 4. The molecule has 0 heterocycles. The molecular weight excluding hydrogens is 764 g/mol. The van der Waals surface area contributed by atoms with Gasteiger partial charge in [0.25, 0.3) is 0 Å². The Bertz CT molecular complexity index is 613. The van der Waals surface area contributed by atoms with E-state index in [9.17, 15) is 0 Å². The molecule has 0 aromatic heterocycles.